The Bertz CT molecular complexity index is 1380. The first-order valence-electron chi connectivity index (χ1n) is 11.2. The molecule has 1 N–H and O–H groups in total. The van der Waals surface area contributed by atoms with E-state index >= 15 is 0 Å². The normalized spacial score (nSPS) is 12.1. The van der Waals surface area contributed by atoms with Crippen molar-refractivity contribution in [1.29, 1.82) is 0 Å². The van der Waals surface area contributed by atoms with Crippen molar-refractivity contribution in [2.24, 2.45) is 0 Å². The largest absolute Gasteiger partial charge is 0.382 e. The van der Waals surface area contributed by atoms with Gasteiger partial charge < -0.3 is 9.67 Å². The standard InChI is InChI=1S/C30H22FN3O/c1-32-27-18-17-22(19-26(27)31)29(35)28-20-34(21-33-28)30(23-11-5-2-6-12-23,24-13-7-3-8-14-24)25-15-9-4-10-16-25/h2-21,29,35H. The Hall–Kier alpha value is -4.53. The Morgan fingerprint density at radius 3 is 1.77 bits per heavy atom. The lowest BCUT2D eigenvalue weighted by Crippen LogP contribution is -2.37. The van der Waals surface area contributed by atoms with E-state index in [0.717, 1.165) is 16.7 Å². The van der Waals surface area contributed by atoms with Crippen molar-refractivity contribution in [3.63, 3.8) is 0 Å². The maximum Gasteiger partial charge on any atom is 0.222 e. The van der Waals surface area contributed by atoms with Gasteiger partial charge in [-0.1, -0.05) is 103 Å². The Morgan fingerprint density at radius 1 is 0.800 bits per heavy atom. The SMILES string of the molecule is [C-]#[N+]c1ccc(C(O)c2cn(C(c3ccccc3)(c3ccccc3)c3ccccc3)cn2)cc1F. The van der Waals surface area contributed by atoms with Gasteiger partial charge in [-0.2, -0.15) is 0 Å². The van der Waals surface area contributed by atoms with Crippen LogP contribution in [0.5, 0.6) is 0 Å². The van der Waals surface area contributed by atoms with Crippen LogP contribution in [0.4, 0.5) is 10.1 Å². The summed E-state index contributed by atoms with van der Waals surface area (Å²) in [5, 5.41) is 11.1. The molecule has 170 valence electrons. The molecule has 0 aliphatic rings. The van der Waals surface area contributed by atoms with Crippen LogP contribution in [-0.2, 0) is 5.54 Å². The molecule has 0 radical (unpaired) electrons. The first kappa shape index (κ1) is 22.3. The van der Waals surface area contributed by atoms with Gasteiger partial charge in [0.15, 0.2) is 0 Å². The number of aromatic nitrogens is 2. The van der Waals surface area contributed by atoms with Crippen LogP contribution < -0.4 is 0 Å². The van der Waals surface area contributed by atoms with E-state index < -0.39 is 17.5 Å². The molecule has 0 aliphatic heterocycles. The number of halogens is 1. The molecule has 1 aromatic heterocycles. The smallest absolute Gasteiger partial charge is 0.222 e. The lowest BCUT2D eigenvalue weighted by molar-refractivity contribution is 0.215. The summed E-state index contributed by atoms with van der Waals surface area (Å²) >= 11 is 0. The number of benzene rings is 4. The van der Waals surface area contributed by atoms with Crippen LogP contribution >= 0.6 is 0 Å². The summed E-state index contributed by atoms with van der Waals surface area (Å²) in [6, 6.07) is 34.6. The Kier molecular flexibility index (Phi) is 5.97. The van der Waals surface area contributed by atoms with Gasteiger partial charge >= 0.3 is 0 Å². The number of hydrogen-bond acceptors (Lipinski definition) is 2. The quantitative estimate of drug-likeness (QED) is 0.233. The highest BCUT2D eigenvalue weighted by molar-refractivity contribution is 5.51. The molecule has 5 heteroatoms. The molecule has 0 saturated heterocycles. The van der Waals surface area contributed by atoms with Crippen molar-refractivity contribution < 1.29 is 9.50 Å². The summed E-state index contributed by atoms with van der Waals surface area (Å²) < 4.78 is 16.2. The summed E-state index contributed by atoms with van der Waals surface area (Å²) in [4.78, 5) is 7.69. The number of nitrogens with zero attached hydrogens (tertiary/aromatic N) is 3. The van der Waals surface area contributed by atoms with Gasteiger partial charge in [-0.3, -0.25) is 0 Å². The fraction of sp³-hybridized carbons (Fsp3) is 0.0667. The van der Waals surface area contributed by atoms with Gasteiger partial charge in [0.25, 0.3) is 0 Å². The van der Waals surface area contributed by atoms with Crippen LogP contribution in [0, 0.1) is 12.4 Å². The van der Waals surface area contributed by atoms with Gasteiger partial charge in [0, 0.05) is 6.20 Å². The minimum atomic E-state index is -1.15. The molecule has 0 fully saturated rings. The van der Waals surface area contributed by atoms with Crippen molar-refractivity contribution in [3.05, 3.63) is 167 Å². The average molecular weight is 460 g/mol. The molecular formula is C30H22FN3O. The van der Waals surface area contributed by atoms with Gasteiger partial charge in [-0.15, -0.1) is 0 Å². The van der Waals surface area contributed by atoms with Crippen LogP contribution in [0.2, 0.25) is 0 Å². The van der Waals surface area contributed by atoms with E-state index in [1.807, 2.05) is 59.2 Å². The molecule has 5 aromatic rings. The van der Waals surface area contributed by atoms with Crippen molar-refractivity contribution in [1.82, 2.24) is 9.55 Å². The Morgan fingerprint density at radius 2 is 1.31 bits per heavy atom. The van der Waals surface area contributed by atoms with E-state index in [-0.39, 0.29) is 5.69 Å². The number of aliphatic hydroxyl groups excluding tert-OH is 1. The first-order valence-corrected chi connectivity index (χ1v) is 11.2. The van der Waals surface area contributed by atoms with Crippen molar-refractivity contribution >= 4 is 5.69 Å². The molecule has 5 rings (SSSR count). The molecule has 1 unspecified atom stereocenters. The number of imidazole rings is 1. The highest BCUT2D eigenvalue weighted by Gasteiger charge is 2.38. The third-order valence-corrected chi connectivity index (χ3v) is 6.25. The topological polar surface area (TPSA) is 42.4 Å². The van der Waals surface area contributed by atoms with Crippen molar-refractivity contribution in [2.75, 3.05) is 0 Å². The molecule has 1 heterocycles. The Balaban J connectivity index is 1.71. The van der Waals surface area contributed by atoms with Crippen LogP contribution in [0.15, 0.2) is 122 Å². The predicted molar refractivity (Wildman–Crippen MR) is 134 cm³/mol. The summed E-state index contributed by atoms with van der Waals surface area (Å²) in [5.41, 5.74) is 2.98. The molecule has 0 amide bonds. The van der Waals surface area contributed by atoms with Gasteiger partial charge in [0.05, 0.1) is 18.6 Å². The molecule has 1 atom stereocenters. The number of aliphatic hydroxyl groups is 1. The third-order valence-electron chi connectivity index (χ3n) is 6.25. The summed E-state index contributed by atoms with van der Waals surface area (Å²) in [7, 11) is 0. The van der Waals surface area contributed by atoms with Gasteiger partial charge in [0.1, 0.15) is 17.5 Å². The maximum atomic E-state index is 14.2. The predicted octanol–water partition coefficient (Wildman–Crippen LogP) is 6.49. The second-order valence-electron chi connectivity index (χ2n) is 8.24. The van der Waals surface area contributed by atoms with Crippen LogP contribution in [0.1, 0.15) is 34.1 Å². The molecule has 35 heavy (non-hydrogen) atoms. The third kappa shape index (κ3) is 3.90. The number of hydrogen-bond donors (Lipinski definition) is 1. The first-order chi connectivity index (χ1) is 17.1. The van der Waals surface area contributed by atoms with Gasteiger partial charge in [-0.25, -0.2) is 14.2 Å². The zero-order valence-electron chi connectivity index (χ0n) is 18.8. The van der Waals surface area contributed by atoms with E-state index in [1.165, 1.54) is 12.1 Å². The second-order valence-corrected chi connectivity index (χ2v) is 8.24. The zero-order chi connectivity index (χ0) is 24.3. The second kappa shape index (κ2) is 9.38. The molecule has 0 bridgehead atoms. The molecule has 0 saturated carbocycles. The molecular weight excluding hydrogens is 437 g/mol. The fourth-order valence-corrected chi connectivity index (χ4v) is 4.60. The zero-order valence-corrected chi connectivity index (χ0v) is 18.8. The maximum absolute atomic E-state index is 14.2. The van der Waals surface area contributed by atoms with Gasteiger partial charge in [0.2, 0.25) is 5.69 Å². The van der Waals surface area contributed by atoms with E-state index in [9.17, 15) is 9.50 Å². The molecule has 4 nitrogen and oxygen atoms in total. The lowest BCUT2D eigenvalue weighted by atomic mass is 9.77. The summed E-state index contributed by atoms with van der Waals surface area (Å²) in [5.74, 6) is -0.664. The van der Waals surface area contributed by atoms with Crippen LogP contribution in [-0.4, -0.2) is 14.7 Å². The monoisotopic (exact) mass is 459 g/mol. The highest BCUT2D eigenvalue weighted by Crippen LogP contribution is 2.41. The van der Waals surface area contributed by atoms with Crippen molar-refractivity contribution in [3.8, 4) is 0 Å². The molecule has 4 aromatic carbocycles. The summed E-state index contributed by atoms with van der Waals surface area (Å²) in [6.45, 7) is 7.05. The van der Waals surface area contributed by atoms with E-state index in [0.29, 0.717) is 11.3 Å². The number of rotatable bonds is 6. The van der Waals surface area contributed by atoms with Crippen LogP contribution in [0.3, 0.4) is 0 Å². The minimum Gasteiger partial charge on any atom is -0.382 e. The molecule has 0 spiro atoms. The fourth-order valence-electron chi connectivity index (χ4n) is 4.60. The molecule has 0 aliphatic carbocycles. The Labute approximate surface area is 203 Å². The van der Waals surface area contributed by atoms with Crippen molar-refractivity contribution in [2.45, 2.75) is 11.6 Å². The summed E-state index contributed by atoms with van der Waals surface area (Å²) in [6.07, 6.45) is 2.36. The minimum absolute atomic E-state index is 0.0808. The van der Waals surface area contributed by atoms with Crippen LogP contribution in [0.25, 0.3) is 4.85 Å². The van der Waals surface area contributed by atoms with E-state index in [1.54, 1.807) is 18.6 Å². The highest BCUT2D eigenvalue weighted by atomic mass is 19.1. The lowest BCUT2D eigenvalue weighted by Gasteiger charge is -2.37. The van der Waals surface area contributed by atoms with E-state index in [2.05, 4.69) is 46.2 Å². The van der Waals surface area contributed by atoms with Gasteiger partial charge in [-0.05, 0) is 28.3 Å². The van der Waals surface area contributed by atoms with E-state index in [4.69, 9.17) is 6.57 Å². The average Bonchev–Trinajstić information content (AvgIpc) is 3.41.